The minimum Gasteiger partial charge on any atom is -0.478 e. The van der Waals surface area contributed by atoms with E-state index in [0.29, 0.717) is 23.9 Å². The first-order valence-corrected chi connectivity index (χ1v) is 8.99. The maximum Gasteiger partial charge on any atom is 0.416 e. The molecule has 0 saturated heterocycles. The van der Waals surface area contributed by atoms with Crippen LogP contribution in [0.25, 0.3) is 0 Å². The van der Waals surface area contributed by atoms with Gasteiger partial charge in [-0.25, -0.2) is 4.39 Å². The number of carbonyl (C=O) groups excluding carboxylic acids is 2. The number of anilines is 2. The number of nitrogen functional groups attached to an aromatic ring is 1. The van der Waals surface area contributed by atoms with Crippen LogP contribution in [0.15, 0.2) is 36.4 Å². The SMILES string of the molecule is CCOC(=O)CC1Oc2cc(N)ccc2N(Cc2cc(C(F)(F)F)ccc2F)C1=O. The Morgan fingerprint density at radius 1 is 1.23 bits per heavy atom. The molecule has 1 aliphatic rings. The Bertz CT molecular complexity index is 978. The van der Waals surface area contributed by atoms with Crippen LogP contribution < -0.4 is 15.4 Å². The summed E-state index contributed by atoms with van der Waals surface area (Å²) in [5.41, 5.74) is 4.87. The average molecular weight is 426 g/mol. The number of alkyl halides is 3. The number of halogens is 4. The van der Waals surface area contributed by atoms with Crippen LogP contribution >= 0.6 is 0 Å². The zero-order valence-electron chi connectivity index (χ0n) is 15.8. The van der Waals surface area contributed by atoms with Crippen molar-refractivity contribution in [1.82, 2.24) is 0 Å². The molecule has 2 aromatic rings. The lowest BCUT2D eigenvalue weighted by atomic mass is 10.1. The Morgan fingerprint density at radius 3 is 2.63 bits per heavy atom. The Balaban J connectivity index is 1.98. The third-order valence-corrected chi connectivity index (χ3v) is 4.44. The van der Waals surface area contributed by atoms with Gasteiger partial charge in [0.25, 0.3) is 5.91 Å². The zero-order valence-corrected chi connectivity index (χ0v) is 15.8. The Labute approximate surface area is 169 Å². The third-order valence-electron chi connectivity index (χ3n) is 4.44. The average Bonchev–Trinajstić information content (AvgIpc) is 2.65. The van der Waals surface area contributed by atoms with E-state index in [2.05, 4.69) is 0 Å². The van der Waals surface area contributed by atoms with Gasteiger partial charge in [0.1, 0.15) is 11.6 Å². The molecule has 0 aliphatic carbocycles. The minimum absolute atomic E-state index is 0.0996. The van der Waals surface area contributed by atoms with E-state index in [9.17, 15) is 27.2 Å². The van der Waals surface area contributed by atoms with Gasteiger partial charge in [-0.3, -0.25) is 9.59 Å². The highest BCUT2D eigenvalue weighted by molar-refractivity contribution is 6.01. The maximum absolute atomic E-state index is 14.3. The molecular weight excluding hydrogens is 408 g/mol. The van der Waals surface area contributed by atoms with E-state index in [0.717, 1.165) is 4.90 Å². The van der Waals surface area contributed by atoms with Crippen molar-refractivity contribution in [3.05, 3.63) is 53.3 Å². The number of hydrogen-bond acceptors (Lipinski definition) is 5. The first-order valence-electron chi connectivity index (χ1n) is 8.99. The lowest BCUT2D eigenvalue weighted by Gasteiger charge is -2.34. The molecule has 0 aromatic heterocycles. The fraction of sp³-hybridized carbons (Fsp3) is 0.300. The first-order chi connectivity index (χ1) is 14.1. The third kappa shape index (κ3) is 4.47. The molecule has 0 spiro atoms. The number of carbonyl (C=O) groups is 2. The van der Waals surface area contributed by atoms with Crippen molar-refractivity contribution in [2.75, 3.05) is 17.2 Å². The Kier molecular flexibility index (Phi) is 5.86. The van der Waals surface area contributed by atoms with E-state index in [4.69, 9.17) is 15.2 Å². The molecular formula is C20H18F4N2O4. The zero-order chi connectivity index (χ0) is 22.1. The van der Waals surface area contributed by atoms with Crippen molar-refractivity contribution in [2.45, 2.75) is 32.2 Å². The van der Waals surface area contributed by atoms with E-state index in [1.54, 1.807) is 6.92 Å². The van der Waals surface area contributed by atoms with Gasteiger partial charge in [-0.05, 0) is 37.3 Å². The van der Waals surface area contributed by atoms with Gasteiger partial charge < -0.3 is 20.1 Å². The molecule has 6 nitrogen and oxygen atoms in total. The van der Waals surface area contributed by atoms with Gasteiger partial charge in [0.15, 0.2) is 6.10 Å². The first kappa shape index (κ1) is 21.4. The molecule has 1 aliphatic heterocycles. The van der Waals surface area contributed by atoms with Crippen molar-refractivity contribution in [3.8, 4) is 5.75 Å². The van der Waals surface area contributed by atoms with Crippen LogP contribution in [0.5, 0.6) is 5.75 Å². The molecule has 1 amide bonds. The summed E-state index contributed by atoms with van der Waals surface area (Å²) in [6, 6.07) is 6.29. The number of esters is 1. The predicted octanol–water partition coefficient (Wildman–Crippen LogP) is 3.67. The molecule has 30 heavy (non-hydrogen) atoms. The summed E-state index contributed by atoms with van der Waals surface area (Å²) in [6.07, 6.45) is -6.37. The number of hydrogen-bond donors (Lipinski definition) is 1. The topological polar surface area (TPSA) is 81.9 Å². The molecule has 0 fully saturated rings. The van der Waals surface area contributed by atoms with Crippen LogP contribution in [-0.2, 0) is 27.0 Å². The van der Waals surface area contributed by atoms with Crippen LogP contribution in [0.1, 0.15) is 24.5 Å². The van der Waals surface area contributed by atoms with Gasteiger partial charge in [-0.15, -0.1) is 0 Å². The molecule has 2 aromatic carbocycles. The van der Waals surface area contributed by atoms with E-state index in [-0.39, 0.29) is 23.6 Å². The predicted molar refractivity (Wildman–Crippen MR) is 99.1 cm³/mol. The van der Waals surface area contributed by atoms with Gasteiger partial charge in [0, 0.05) is 17.3 Å². The van der Waals surface area contributed by atoms with E-state index in [1.165, 1.54) is 18.2 Å². The summed E-state index contributed by atoms with van der Waals surface area (Å²) in [7, 11) is 0. The number of nitrogens with two attached hydrogens (primary N) is 1. The summed E-state index contributed by atoms with van der Waals surface area (Å²) in [5, 5.41) is 0. The van der Waals surface area contributed by atoms with Crippen molar-refractivity contribution in [2.24, 2.45) is 0 Å². The monoisotopic (exact) mass is 426 g/mol. The van der Waals surface area contributed by atoms with Gasteiger partial charge in [-0.1, -0.05) is 0 Å². The van der Waals surface area contributed by atoms with Crippen molar-refractivity contribution in [1.29, 1.82) is 0 Å². The molecule has 160 valence electrons. The van der Waals surface area contributed by atoms with Gasteiger partial charge in [-0.2, -0.15) is 13.2 Å². The number of benzene rings is 2. The van der Waals surface area contributed by atoms with Crippen molar-refractivity contribution in [3.63, 3.8) is 0 Å². The summed E-state index contributed by atoms with van der Waals surface area (Å²) in [6.45, 7) is 1.21. The van der Waals surface area contributed by atoms with Crippen LogP contribution in [0.2, 0.25) is 0 Å². The summed E-state index contributed by atoms with van der Waals surface area (Å²) in [4.78, 5) is 25.8. The smallest absolute Gasteiger partial charge is 0.416 e. The summed E-state index contributed by atoms with van der Waals surface area (Å²) >= 11 is 0. The molecule has 0 radical (unpaired) electrons. The molecule has 3 rings (SSSR count). The Hall–Kier alpha value is -3.30. The lowest BCUT2D eigenvalue weighted by Crippen LogP contribution is -2.46. The molecule has 2 N–H and O–H groups in total. The van der Waals surface area contributed by atoms with Crippen molar-refractivity contribution < 1.29 is 36.6 Å². The second-order valence-corrected chi connectivity index (χ2v) is 6.57. The number of fused-ring (bicyclic) bond motifs is 1. The molecule has 1 unspecified atom stereocenters. The number of nitrogens with zero attached hydrogens (tertiary/aromatic N) is 1. The fourth-order valence-electron chi connectivity index (χ4n) is 3.05. The standard InChI is InChI=1S/C20H18F4N2O4/c1-2-29-18(27)9-17-19(28)26(15-6-4-13(25)8-16(15)30-17)10-11-7-12(20(22,23)24)3-5-14(11)21/h3-8,17H,2,9-10,25H2,1H3. The minimum atomic E-state index is -4.67. The van der Waals surface area contributed by atoms with Crippen LogP contribution in [0.3, 0.4) is 0 Å². The van der Waals surface area contributed by atoms with Crippen LogP contribution in [0.4, 0.5) is 28.9 Å². The molecule has 1 heterocycles. The highest BCUT2D eigenvalue weighted by Gasteiger charge is 2.37. The number of ether oxygens (including phenoxy) is 2. The number of rotatable bonds is 5. The second kappa shape index (κ2) is 8.21. The van der Waals surface area contributed by atoms with E-state index >= 15 is 0 Å². The summed E-state index contributed by atoms with van der Waals surface area (Å²) < 4.78 is 63.7. The van der Waals surface area contributed by atoms with Crippen LogP contribution in [-0.4, -0.2) is 24.6 Å². The molecule has 10 heteroatoms. The second-order valence-electron chi connectivity index (χ2n) is 6.57. The normalized spacial score (nSPS) is 16.1. The molecule has 0 saturated carbocycles. The molecule has 0 bridgehead atoms. The van der Waals surface area contributed by atoms with Gasteiger partial charge >= 0.3 is 12.1 Å². The lowest BCUT2D eigenvalue weighted by molar-refractivity contribution is -0.147. The van der Waals surface area contributed by atoms with Crippen LogP contribution in [0, 0.1) is 5.82 Å². The Morgan fingerprint density at radius 2 is 1.97 bits per heavy atom. The highest BCUT2D eigenvalue weighted by Crippen LogP contribution is 2.38. The van der Waals surface area contributed by atoms with E-state index in [1.807, 2.05) is 0 Å². The largest absolute Gasteiger partial charge is 0.478 e. The fourth-order valence-corrected chi connectivity index (χ4v) is 3.05. The molecule has 1 atom stereocenters. The number of amides is 1. The van der Waals surface area contributed by atoms with Gasteiger partial charge in [0.05, 0.1) is 30.8 Å². The summed E-state index contributed by atoms with van der Waals surface area (Å²) in [5.74, 6) is -2.15. The quantitative estimate of drug-likeness (QED) is 0.448. The highest BCUT2D eigenvalue weighted by atomic mass is 19.4. The van der Waals surface area contributed by atoms with Gasteiger partial charge in [0.2, 0.25) is 0 Å². The van der Waals surface area contributed by atoms with E-state index < -0.39 is 48.5 Å². The van der Waals surface area contributed by atoms with Crippen molar-refractivity contribution >= 4 is 23.3 Å². The maximum atomic E-state index is 14.3.